The van der Waals surface area contributed by atoms with Crippen LogP contribution in [-0.4, -0.2) is 24.5 Å². The molecule has 106 valence electrons. The van der Waals surface area contributed by atoms with E-state index in [1.54, 1.807) is 18.2 Å². The summed E-state index contributed by atoms with van der Waals surface area (Å²) < 4.78 is 31.8. The Labute approximate surface area is 117 Å². The molecule has 0 aliphatic heterocycles. The molecule has 1 N–H and O–H groups in total. The summed E-state index contributed by atoms with van der Waals surface area (Å²) in [7, 11) is -3.67. The van der Waals surface area contributed by atoms with E-state index in [0.717, 1.165) is 0 Å². The zero-order valence-corrected chi connectivity index (χ0v) is 12.0. The van der Waals surface area contributed by atoms with Crippen LogP contribution >= 0.6 is 0 Å². The molecule has 0 fully saturated rings. The Balaban J connectivity index is 2.14. The van der Waals surface area contributed by atoms with Crippen molar-refractivity contribution in [2.24, 2.45) is 0 Å². The number of rotatable bonds is 5. The molecule has 0 saturated heterocycles. The van der Waals surface area contributed by atoms with E-state index < -0.39 is 10.0 Å². The van der Waals surface area contributed by atoms with E-state index in [9.17, 15) is 8.42 Å². The normalized spacial score (nSPS) is 11.3. The van der Waals surface area contributed by atoms with Crippen molar-refractivity contribution in [3.63, 3.8) is 0 Å². The summed E-state index contributed by atoms with van der Waals surface area (Å²) in [6, 6.07) is 8.04. The van der Waals surface area contributed by atoms with Crippen molar-refractivity contribution in [1.82, 2.24) is 9.97 Å². The fourth-order valence-corrected chi connectivity index (χ4v) is 2.46. The van der Waals surface area contributed by atoms with Gasteiger partial charge in [0, 0.05) is 0 Å². The largest absolute Gasteiger partial charge is 0.488 e. The number of benzene rings is 1. The Kier molecular flexibility index (Phi) is 4.19. The molecule has 1 aromatic carbocycles. The van der Waals surface area contributed by atoms with E-state index in [1.165, 1.54) is 24.5 Å². The van der Waals surface area contributed by atoms with Gasteiger partial charge in [0.15, 0.2) is 5.75 Å². The van der Waals surface area contributed by atoms with Gasteiger partial charge in [0.05, 0.1) is 23.4 Å². The van der Waals surface area contributed by atoms with Gasteiger partial charge in [-0.25, -0.2) is 23.1 Å². The molecule has 0 unspecified atom stereocenters. The molecule has 0 saturated carbocycles. The minimum Gasteiger partial charge on any atom is -0.488 e. The van der Waals surface area contributed by atoms with Crippen LogP contribution in [0, 0.1) is 0 Å². The minimum atomic E-state index is -3.67. The SMILES string of the molecule is CC(C)Oc1cnc(NS(=O)(=O)c2ccccc2)nc1. The van der Waals surface area contributed by atoms with Crippen molar-refractivity contribution < 1.29 is 13.2 Å². The Hall–Kier alpha value is -2.15. The van der Waals surface area contributed by atoms with Crippen LogP contribution in [0.1, 0.15) is 13.8 Å². The summed E-state index contributed by atoms with van der Waals surface area (Å²) in [6.07, 6.45) is 2.86. The summed E-state index contributed by atoms with van der Waals surface area (Å²) in [4.78, 5) is 7.99. The van der Waals surface area contributed by atoms with Crippen LogP contribution < -0.4 is 9.46 Å². The van der Waals surface area contributed by atoms with Crippen molar-refractivity contribution in [2.45, 2.75) is 24.8 Å². The monoisotopic (exact) mass is 293 g/mol. The van der Waals surface area contributed by atoms with Crippen LogP contribution in [0.3, 0.4) is 0 Å². The lowest BCUT2D eigenvalue weighted by Crippen LogP contribution is -2.15. The maximum Gasteiger partial charge on any atom is 0.264 e. The highest BCUT2D eigenvalue weighted by atomic mass is 32.2. The first-order chi connectivity index (χ1) is 9.47. The predicted octanol–water partition coefficient (Wildman–Crippen LogP) is 2.06. The molecule has 0 aliphatic carbocycles. The molecule has 0 aliphatic rings. The molecule has 1 heterocycles. The Morgan fingerprint density at radius 3 is 2.25 bits per heavy atom. The zero-order valence-electron chi connectivity index (χ0n) is 11.1. The van der Waals surface area contributed by atoms with E-state index in [2.05, 4.69) is 14.7 Å². The van der Waals surface area contributed by atoms with Gasteiger partial charge in [0.25, 0.3) is 10.0 Å². The number of ether oxygens (including phenoxy) is 1. The predicted molar refractivity (Wildman–Crippen MR) is 75.0 cm³/mol. The molecule has 2 rings (SSSR count). The van der Waals surface area contributed by atoms with Crippen molar-refractivity contribution in [3.05, 3.63) is 42.7 Å². The number of nitrogens with zero attached hydrogens (tertiary/aromatic N) is 2. The molecule has 1 aromatic heterocycles. The second-order valence-electron chi connectivity index (χ2n) is 4.33. The minimum absolute atomic E-state index is 0.00459. The fourth-order valence-electron chi connectivity index (χ4n) is 1.48. The van der Waals surface area contributed by atoms with Gasteiger partial charge in [-0.05, 0) is 26.0 Å². The molecule has 0 atom stereocenters. The van der Waals surface area contributed by atoms with Crippen molar-refractivity contribution in [1.29, 1.82) is 0 Å². The number of anilines is 1. The van der Waals surface area contributed by atoms with Gasteiger partial charge in [0.2, 0.25) is 5.95 Å². The number of aromatic nitrogens is 2. The molecule has 0 bridgehead atoms. The maximum atomic E-state index is 12.0. The number of hydrogen-bond donors (Lipinski definition) is 1. The van der Waals surface area contributed by atoms with Crippen LogP contribution in [0.15, 0.2) is 47.6 Å². The van der Waals surface area contributed by atoms with Crippen LogP contribution in [0.4, 0.5) is 5.95 Å². The summed E-state index contributed by atoms with van der Waals surface area (Å²) in [6.45, 7) is 3.76. The van der Waals surface area contributed by atoms with E-state index in [1.807, 2.05) is 13.8 Å². The average molecular weight is 293 g/mol. The lowest BCUT2D eigenvalue weighted by Gasteiger charge is -2.09. The summed E-state index contributed by atoms with van der Waals surface area (Å²) in [5.74, 6) is 0.493. The Bertz CT molecular complexity index is 655. The Morgan fingerprint density at radius 1 is 1.10 bits per heavy atom. The van der Waals surface area contributed by atoms with E-state index in [-0.39, 0.29) is 16.9 Å². The van der Waals surface area contributed by atoms with Crippen LogP contribution in [0.2, 0.25) is 0 Å². The Morgan fingerprint density at radius 2 is 1.70 bits per heavy atom. The molecule has 0 radical (unpaired) electrons. The maximum absolute atomic E-state index is 12.0. The van der Waals surface area contributed by atoms with Crippen molar-refractivity contribution in [3.8, 4) is 5.75 Å². The summed E-state index contributed by atoms with van der Waals surface area (Å²) in [5.41, 5.74) is 0. The third-order valence-corrected chi connectivity index (χ3v) is 3.62. The lowest BCUT2D eigenvalue weighted by atomic mass is 10.4. The van der Waals surface area contributed by atoms with E-state index >= 15 is 0 Å². The third kappa shape index (κ3) is 3.67. The molecular formula is C13H15N3O3S. The standard InChI is InChI=1S/C13H15N3O3S/c1-10(2)19-11-8-14-13(15-9-11)16-20(17,18)12-6-4-3-5-7-12/h3-10H,1-2H3,(H,14,15,16). The lowest BCUT2D eigenvalue weighted by molar-refractivity contribution is 0.240. The number of sulfonamides is 1. The zero-order chi connectivity index (χ0) is 14.6. The number of nitrogens with one attached hydrogen (secondary N) is 1. The topological polar surface area (TPSA) is 81.2 Å². The molecule has 2 aromatic rings. The second-order valence-corrected chi connectivity index (χ2v) is 6.01. The van der Waals surface area contributed by atoms with Crippen molar-refractivity contribution >= 4 is 16.0 Å². The van der Waals surface area contributed by atoms with Gasteiger partial charge in [0.1, 0.15) is 0 Å². The molecule has 0 spiro atoms. The van der Waals surface area contributed by atoms with Gasteiger partial charge in [-0.2, -0.15) is 0 Å². The summed E-state index contributed by atoms with van der Waals surface area (Å²) in [5, 5.41) is 0. The van der Waals surface area contributed by atoms with Crippen LogP contribution in [-0.2, 0) is 10.0 Å². The van der Waals surface area contributed by atoms with Crippen molar-refractivity contribution in [2.75, 3.05) is 4.72 Å². The number of hydrogen-bond acceptors (Lipinski definition) is 5. The van der Waals surface area contributed by atoms with Gasteiger partial charge < -0.3 is 4.74 Å². The van der Waals surface area contributed by atoms with Gasteiger partial charge in [-0.15, -0.1) is 0 Å². The van der Waals surface area contributed by atoms with E-state index in [0.29, 0.717) is 5.75 Å². The van der Waals surface area contributed by atoms with Gasteiger partial charge in [-0.1, -0.05) is 18.2 Å². The van der Waals surface area contributed by atoms with Crippen LogP contribution in [0.5, 0.6) is 5.75 Å². The van der Waals surface area contributed by atoms with Gasteiger partial charge >= 0.3 is 0 Å². The van der Waals surface area contributed by atoms with Gasteiger partial charge in [-0.3, -0.25) is 0 Å². The highest BCUT2D eigenvalue weighted by Gasteiger charge is 2.14. The molecular weight excluding hydrogens is 278 g/mol. The molecule has 7 heteroatoms. The molecule has 0 amide bonds. The first kappa shape index (κ1) is 14.3. The molecule has 20 heavy (non-hydrogen) atoms. The highest BCUT2D eigenvalue weighted by Crippen LogP contribution is 2.14. The quantitative estimate of drug-likeness (QED) is 0.912. The average Bonchev–Trinajstić information content (AvgIpc) is 2.41. The molecule has 6 nitrogen and oxygen atoms in total. The summed E-state index contributed by atoms with van der Waals surface area (Å²) >= 11 is 0. The first-order valence-corrected chi connectivity index (χ1v) is 7.52. The van der Waals surface area contributed by atoms with E-state index in [4.69, 9.17) is 4.74 Å². The second kappa shape index (κ2) is 5.87. The smallest absolute Gasteiger partial charge is 0.264 e. The highest BCUT2D eigenvalue weighted by molar-refractivity contribution is 7.92. The fraction of sp³-hybridized carbons (Fsp3) is 0.231. The first-order valence-electron chi connectivity index (χ1n) is 6.04. The third-order valence-electron chi connectivity index (χ3n) is 2.28. The van der Waals surface area contributed by atoms with Crippen LogP contribution in [0.25, 0.3) is 0 Å².